The van der Waals surface area contributed by atoms with Crippen LogP contribution in [0.2, 0.25) is 0 Å². The zero-order chi connectivity index (χ0) is 11.0. The number of pyridine rings is 1. The smallest absolute Gasteiger partial charge is 0.243 e. The number of aromatic nitrogens is 3. The van der Waals surface area contributed by atoms with Gasteiger partial charge >= 0.3 is 0 Å². The van der Waals surface area contributed by atoms with Gasteiger partial charge in [0.15, 0.2) is 5.65 Å². The molecule has 1 N–H and O–H groups in total. The number of anilines is 1. The molecule has 1 aliphatic carbocycles. The summed E-state index contributed by atoms with van der Waals surface area (Å²) in [6, 6.07) is 6.61. The molecule has 84 valence electrons. The molecule has 0 amide bonds. The van der Waals surface area contributed by atoms with Crippen molar-refractivity contribution in [3.63, 3.8) is 0 Å². The van der Waals surface area contributed by atoms with Crippen molar-refractivity contribution in [1.82, 2.24) is 14.6 Å². The average Bonchev–Trinajstić information content (AvgIpc) is 2.88. The Morgan fingerprint density at radius 3 is 2.88 bits per heavy atom. The molecule has 0 bridgehead atoms. The van der Waals surface area contributed by atoms with Crippen molar-refractivity contribution >= 4 is 11.6 Å². The number of fused-ring (bicyclic) bond motifs is 1. The van der Waals surface area contributed by atoms with Crippen molar-refractivity contribution in [3.05, 3.63) is 23.9 Å². The van der Waals surface area contributed by atoms with Crippen molar-refractivity contribution in [2.45, 2.75) is 38.6 Å². The Morgan fingerprint density at radius 2 is 2.12 bits per heavy atom. The summed E-state index contributed by atoms with van der Waals surface area (Å²) in [6.45, 7) is 2.04. The lowest BCUT2D eigenvalue weighted by Crippen LogP contribution is -2.15. The molecule has 1 fully saturated rings. The maximum Gasteiger partial charge on any atom is 0.243 e. The molecule has 16 heavy (non-hydrogen) atoms. The van der Waals surface area contributed by atoms with Crippen LogP contribution >= 0.6 is 0 Å². The van der Waals surface area contributed by atoms with Crippen LogP contribution in [0.3, 0.4) is 0 Å². The summed E-state index contributed by atoms with van der Waals surface area (Å²) in [4.78, 5) is 4.48. The Labute approximate surface area is 94.7 Å². The highest BCUT2D eigenvalue weighted by molar-refractivity contribution is 5.44. The molecular weight excluding hydrogens is 200 g/mol. The molecule has 3 rings (SSSR count). The topological polar surface area (TPSA) is 42.2 Å². The van der Waals surface area contributed by atoms with E-state index < -0.39 is 0 Å². The van der Waals surface area contributed by atoms with Crippen LogP contribution in [0.4, 0.5) is 5.95 Å². The van der Waals surface area contributed by atoms with Gasteiger partial charge in [-0.25, -0.2) is 4.52 Å². The fourth-order valence-corrected chi connectivity index (χ4v) is 2.35. The van der Waals surface area contributed by atoms with Gasteiger partial charge in [-0.2, -0.15) is 4.98 Å². The number of aryl methyl sites for hydroxylation is 1. The summed E-state index contributed by atoms with van der Waals surface area (Å²) in [7, 11) is 0. The largest absolute Gasteiger partial charge is 0.350 e. The first-order valence-corrected chi connectivity index (χ1v) is 5.92. The molecule has 0 aliphatic heterocycles. The summed E-state index contributed by atoms with van der Waals surface area (Å²) >= 11 is 0. The van der Waals surface area contributed by atoms with Gasteiger partial charge in [-0.15, -0.1) is 5.10 Å². The van der Waals surface area contributed by atoms with E-state index in [9.17, 15) is 0 Å². The molecule has 2 aromatic heterocycles. The van der Waals surface area contributed by atoms with Gasteiger partial charge in [-0.3, -0.25) is 0 Å². The molecule has 0 saturated heterocycles. The first-order valence-electron chi connectivity index (χ1n) is 5.92. The molecule has 1 aliphatic rings. The number of nitrogens with one attached hydrogen (secondary N) is 1. The molecule has 0 spiro atoms. The molecule has 0 radical (unpaired) electrons. The molecule has 0 aromatic carbocycles. The molecule has 2 heterocycles. The van der Waals surface area contributed by atoms with Gasteiger partial charge in [0.05, 0.1) is 0 Å². The maximum absolute atomic E-state index is 4.48. The summed E-state index contributed by atoms with van der Waals surface area (Å²) in [6.07, 6.45) is 5.14. The Kier molecular flexibility index (Phi) is 2.27. The maximum atomic E-state index is 4.48. The van der Waals surface area contributed by atoms with E-state index >= 15 is 0 Å². The van der Waals surface area contributed by atoms with Crippen LogP contribution in [0.5, 0.6) is 0 Å². The van der Waals surface area contributed by atoms with E-state index in [4.69, 9.17) is 0 Å². The van der Waals surface area contributed by atoms with Crippen molar-refractivity contribution in [2.24, 2.45) is 0 Å². The van der Waals surface area contributed by atoms with Gasteiger partial charge in [0.1, 0.15) is 0 Å². The van der Waals surface area contributed by atoms with Crippen LogP contribution in [0.1, 0.15) is 31.4 Å². The van der Waals surface area contributed by atoms with Crippen LogP contribution in [0, 0.1) is 6.92 Å². The molecule has 0 atom stereocenters. The number of rotatable bonds is 2. The van der Waals surface area contributed by atoms with Gasteiger partial charge in [-0.1, -0.05) is 18.9 Å². The molecular formula is C12H16N4. The predicted octanol–water partition coefficient (Wildman–Crippen LogP) is 2.39. The predicted molar refractivity (Wildman–Crippen MR) is 63.6 cm³/mol. The lowest BCUT2D eigenvalue weighted by atomic mass is 10.3. The van der Waals surface area contributed by atoms with E-state index in [1.54, 1.807) is 0 Å². The van der Waals surface area contributed by atoms with Gasteiger partial charge < -0.3 is 5.32 Å². The summed E-state index contributed by atoms with van der Waals surface area (Å²) < 4.78 is 1.89. The molecule has 2 aromatic rings. The Bertz CT molecular complexity index is 497. The minimum atomic E-state index is 0.567. The van der Waals surface area contributed by atoms with Gasteiger partial charge in [-0.05, 0) is 31.9 Å². The second kappa shape index (κ2) is 3.77. The molecule has 4 heteroatoms. The standard InChI is InChI=1S/C12H16N4/c1-9-5-4-8-11-14-12(15-16(9)11)13-10-6-2-3-7-10/h4-5,8,10H,2-3,6-7H2,1H3,(H,13,15). The fourth-order valence-electron chi connectivity index (χ4n) is 2.35. The van der Waals surface area contributed by atoms with E-state index in [0.717, 1.165) is 17.3 Å². The first-order chi connectivity index (χ1) is 7.83. The Morgan fingerprint density at radius 1 is 1.31 bits per heavy atom. The Balaban J connectivity index is 1.90. The second-order valence-electron chi connectivity index (χ2n) is 4.50. The van der Waals surface area contributed by atoms with Gasteiger partial charge in [0.25, 0.3) is 0 Å². The number of nitrogens with zero attached hydrogens (tertiary/aromatic N) is 3. The fraction of sp³-hybridized carbons (Fsp3) is 0.500. The third kappa shape index (κ3) is 1.64. The second-order valence-corrected chi connectivity index (χ2v) is 4.50. The van der Waals surface area contributed by atoms with Crippen LogP contribution < -0.4 is 5.32 Å². The third-order valence-electron chi connectivity index (χ3n) is 3.24. The lowest BCUT2D eigenvalue weighted by Gasteiger charge is -2.08. The van der Waals surface area contributed by atoms with E-state index in [1.807, 2.05) is 29.6 Å². The zero-order valence-corrected chi connectivity index (χ0v) is 9.48. The van der Waals surface area contributed by atoms with Gasteiger partial charge in [0.2, 0.25) is 5.95 Å². The lowest BCUT2D eigenvalue weighted by molar-refractivity contribution is 0.742. The van der Waals surface area contributed by atoms with E-state index in [1.165, 1.54) is 25.7 Å². The van der Waals surface area contributed by atoms with Crippen molar-refractivity contribution in [3.8, 4) is 0 Å². The van der Waals surface area contributed by atoms with Crippen molar-refractivity contribution < 1.29 is 0 Å². The van der Waals surface area contributed by atoms with Crippen LogP contribution in [0.15, 0.2) is 18.2 Å². The minimum Gasteiger partial charge on any atom is -0.350 e. The SMILES string of the molecule is Cc1cccc2nc(NC3CCCC3)nn12. The highest BCUT2D eigenvalue weighted by Gasteiger charge is 2.16. The summed E-state index contributed by atoms with van der Waals surface area (Å²) in [5.41, 5.74) is 2.03. The first kappa shape index (κ1) is 9.63. The zero-order valence-electron chi connectivity index (χ0n) is 9.48. The molecule has 0 unspecified atom stereocenters. The number of hydrogen-bond donors (Lipinski definition) is 1. The average molecular weight is 216 g/mol. The quantitative estimate of drug-likeness (QED) is 0.838. The molecule has 1 saturated carbocycles. The summed E-state index contributed by atoms with van der Waals surface area (Å²) in [5.74, 6) is 0.765. The third-order valence-corrected chi connectivity index (χ3v) is 3.24. The monoisotopic (exact) mass is 216 g/mol. The van der Waals surface area contributed by atoms with E-state index in [2.05, 4.69) is 15.4 Å². The highest BCUT2D eigenvalue weighted by Crippen LogP contribution is 2.21. The van der Waals surface area contributed by atoms with Crippen LogP contribution in [-0.2, 0) is 0 Å². The normalized spacial score (nSPS) is 17.1. The van der Waals surface area contributed by atoms with Gasteiger partial charge in [0, 0.05) is 11.7 Å². The summed E-state index contributed by atoms with van der Waals surface area (Å²) in [5, 5.41) is 7.88. The van der Waals surface area contributed by atoms with E-state index in [-0.39, 0.29) is 0 Å². The highest BCUT2D eigenvalue weighted by atomic mass is 15.4. The Hall–Kier alpha value is -1.58. The minimum absolute atomic E-state index is 0.567. The number of hydrogen-bond acceptors (Lipinski definition) is 3. The van der Waals surface area contributed by atoms with Crippen molar-refractivity contribution in [2.75, 3.05) is 5.32 Å². The molecule has 4 nitrogen and oxygen atoms in total. The van der Waals surface area contributed by atoms with Crippen LogP contribution in [0.25, 0.3) is 5.65 Å². The van der Waals surface area contributed by atoms with Crippen LogP contribution in [-0.4, -0.2) is 20.6 Å². The van der Waals surface area contributed by atoms with Crippen molar-refractivity contribution in [1.29, 1.82) is 0 Å². The van der Waals surface area contributed by atoms with E-state index in [0.29, 0.717) is 6.04 Å².